The van der Waals surface area contributed by atoms with Crippen molar-refractivity contribution in [2.75, 3.05) is 13.1 Å². The smallest absolute Gasteiger partial charge is 0.0757 e. The molecule has 1 saturated heterocycles. The molecule has 0 bridgehead atoms. The SMILES string of the molecule is CC1CN(C2CCCC(O)C2)CC(C)(C)O1. The van der Waals surface area contributed by atoms with Gasteiger partial charge >= 0.3 is 0 Å². The Labute approximate surface area is 98.8 Å². The van der Waals surface area contributed by atoms with Gasteiger partial charge in [-0.1, -0.05) is 0 Å². The predicted molar refractivity (Wildman–Crippen MR) is 64.5 cm³/mol. The van der Waals surface area contributed by atoms with Crippen LogP contribution in [0.3, 0.4) is 0 Å². The number of nitrogens with zero attached hydrogens (tertiary/aromatic N) is 1. The summed E-state index contributed by atoms with van der Waals surface area (Å²) in [5, 5.41) is 9.75. The molecule has 2 rings (SSSR count). The Balaban J connectivity index is 1.97. The van der Waals surface area contributed by atoms with Crippen molar-refractivity contribution in [1.29, 1.82) is 0 Å². The third kappa shape index (κ3) is 2.96. The first-order valence-electron chi connectivity index (χ1n) is 6.56. The molecule has 3 heteroatoms. The number of aliphatic hydroxyl groups is 1. The van der Waals surface area contributed by atoms with Crippen LogP contribution >= 0.6 is 0 Å². The molecule has 0 aromatic heterocycles. The first-order chi connectivity index (χ1) is 7.46. The van der Waals surface area contributed by atoms with Crippen molar-refractivity contribution in [3.8, 4) is 0 Å². The fourth-order valence-corrected chi connectivity index (χ4v) is 3.25. The number of rotatable bonds is 1. The van der Waals surface area contributed by atoms with E-state index in [4.69, 9.17) is 4.74 Å². The van der Waals surface area contributed by atoms with Gasteiger partial charge in [-0.15, -0.1) is 0 Å². The Morgan fingerprint density at radius 2 is 2.06 bits per heavy atom. The van der Waals surface area contributed by atoms with Gasteiger partial charge in [0, 0.05) is 19.1 Å². The van der Waals surface area contributed by atoms with Gasteiger partial charge in [-0.25, -0.2) is 0 Å². The van der Waals surface area contributed by atoms with Crippen LogP contribution in [-0.4, -0.2) is 46.9 Å². The van der Waals surface area contributed by atoms with Crippen molar-refractivity contribution < 1.29 is 9.84 Å². The van der Waals surface area contributed by atoms with Crippen LogP contribution in [0.5, 0.6) is 0 Å². The van der Waals surface area contributed by atoms with E-state index in [0.717, 1.165) is 32.4 Å². The largest absolute Gasteiger partial charge is 0.393 e. The van der Waals surface area contributed by atoms with Gasteiger partial charge in [0.05, 0.1) is 17.8 Å². The first-order valence-corrected chi connectivity index (χ1v) is 6.56. The molecule has 2 aliphatic rings. The Hall–Kier alpha value is -0.120. The highest BCUT2D eigenvalue weighted by atomic mass is 16.5. The number of hydrogen-bond acceptors (Lipinski definition) is 3. The van der Waals surface area contributed by atoms with E-state index in [-0.39, 0.29) is 11.7 Å². The molecule has 1 saturated carbocycles. The summed E-state index contributed by atoms with van der Waals surface area (Å²) >= 11 is 0. The van der Waals surface area contributed by atoms with Gasteiger partial charge in [-0.3, -0.25) is 4.90 Å². The molecule has 0 amide bonds. The van der Waals surface area contributed by atoms with Crippen molar-refractivity contribution in [3.63, 3.8) is 0 Å². The second-order valence-corrected chi connectivity index (χ2v) is 6.09. The van der Waals surface area contributed by atoms with Gasteiger partial charge in [-0.05, 0) is 46.5 Å². The molecule has 1 aliphatic heterocycles. The Morgan fingerprint density at radius 3 is 2.69 bits per heavy atom. The van der Waals surface area contributed by atoms with Crippen LogP contribution in [0.25, 0.3) is 0 Å². The summed E-state index contributed by atoms with van der Waals surface area (Å²) in [4.78, 5) is 2.52. The quantitative estimate of drug-likeness (QED) is 0.741. The monoisotopic (exact) mass is 227 g/mol. The predicted octanol–water partition coefficient (Wildman–Crippen LogP) is 1.79. The molecule has 0 aromatic carbocycles. The van der Waals surface area contributed by atoms with Crippen LogP contribution in [0.4, 0.5) is 0 Å². The van der Waals surface area contributed by atoms with Crippen LogP contribution < -0.4 is 0 Å². The first kappa shape index (κ1) is 12.3. The lowest BCUT2D eigenvalue weighted by molar-refractivity contribution is -0.143. The van der Waals surface area contributed by atoms with E-state index in [9.17, 15) is 5.11 Å². The third-order valence-corrected chi connectivity index (χ3v) is 3.73. The normalized spacial score (nSPS) is 40.9. The van der Waals surface area contributed by atoms with Crippen molar-refractivity contribution in [1.82, 2.24) is 4.90 Å². The van der Waals surface area contributed by atoms with Crippen LogP contribution in [-0.2, 0) is 4.74 Å². The summed E-state index contributed by atoms with van der Waals surface area (Å²) < 4.78 is 5.92. The number of morpholine rings is 1. The molecule has 0 radical (unpaired) electrons. The molecule has 3 nitrogen and oxygen atoms in total. The lowest BCUT2D eigenvalue weighted by atomic mass is 9.90. The molecule has 16 heavy (non-hydrogen) atoms. The highest BCUT2D eigenvalue weighted by Gasteiger charge is 2.36. The minimum atomic E-state index is -0.0833. The molecular weight excluding hydrogens is 202 g/mol. The van der Waals surface area contributed by atoms with Crippen molar-refractivity contribution in [2.45, 2.75) is 70.3 Å². The van der Waals surface area contributed by atoms with Crippen LogP contribution in [0.1, 0.15) is 46.5 Å². The molecular formula is C13H25NO2. The van der Waals surface area contributed by atoms with E-state index in [2.05, 4.69) is 25.7 Å². The molecule has 1 N–H and O–H groups in total. The highest BCUT2D eigenvalue weighted by Crippen LogP contribution is 2.28. The highest BCUT2D eigenvalue weighted by molar-refractivity contribution is 4.88. The number of aliphatic hydroxyl groups excluding tert-OH is 1. The second kappa shape index (κ2) is 4.63. The van der Waals surface area contributed by atoms with Crippen LogP contribution in [0, 0.1) is 0 Å². The zero-order chi connectivity index (χ0) is 11.8. The fraction of sp³-hybridized carbons (Fsp3) is 1.00. The van der Waals surface area contributed by atoms with E-state index in [0.29, 0.717) is 12.1 Å². The lowest BCUT2D eigenvalue weighted by Gasteiger charge is -2.46. The third-order valence-electron chi connectivity index (χ3n) is 3.73. The fourth-order valence-electron chi connectivity index (χ4n) is 3.25. The summed E-state index contributed by atoms with van der Waals surface area (Å²) in [5.41, 5.74) is -0.0416. The minimum absolute atomic E-state index is 0.0416. The molecule has 3 atom stereocenters. The molecule has 1 aliphatic carbocycles. The van der Waals surface area contributed by atoms with E-state index < -0.39 is 0 Å². The maximum atomic E-state index is 9.75. The summed E-state index contributed by atoms with van der Waals surface area (Å²) in [7, 11) is 0. The van der Waals surface area contributed by atoms with E-state index in [1.165, 1.54) is 6.42 Å². The zero-order valence-corrected chi connectivity index (χ0v) is 10.8. The average molecular weight is 227 g/mol. The summed E-state index contributed by atoms with van der Waals surface area (Å²) in [6.07, 6.45) is 4.56. The van der Waals surface area contributed by atoms with Crippen molar-refractivity contribution in [3.05, 3.63) is 0 Å². The topological polar surface area (TPSA) is 32.7 Å². The van der Waals surface area contributed by atoms with Gasteiger partial charge in [0.25, 0.3) is 0 Å². The van der Waals surface area contributed by atoms with Gasteiger partial charge in [0.1, 0.15) is 0 Å². The number of hydrogen-bond donors (Lipinski definition) is 1. The second-order valence-electron chi connectivity index (χ2n) is 6.09. The zero-order valence-electron chi connectivity index (χ0n) is 10.8. The van der Waals surface area contributed by atoms with Crippen molar-refractivity contribution in [2.24, 2.45) is 0 Å². The minimum Gasteiger partial charge on any atom is -0.393 e. The number of ether oxygens (including phenoxy) is 1. The summed E-state index contributed by atoms with van der Waals surface area (Å²) in [6.45, 7) is 8.48. The van der Waals surface area contributed by atoms with E-state index in [1.807, 2.05) is 0 Å². The molecule has 0 spiro atoms. The van der Waals surface area contributed by atoms with Gasteiger partial charge < -0.3 is 9.84 Å². The molecule has 3 unspecified atom stereocenters. The molecule has 1 heterocycles. The van der Waals surface area contributed by atoms with Gasteiger partial charge in [-0.2, -0.15) is 0 Å². The standard InChI is InChI=1S/C13H25NO2/c1-10-8-14(9-13(2,3)16-10)11-5-4-6-12(15)7-11/h10-12,15H,4-9H2,1-3H3. The molecule has 94 valence electrons. The molecule has 0 aromatic rings. The van der Waals surface area contributed by atoms with E-state index >= 15 is 0 Å². The Kier molecular flexibility index (Phi) is 3.57. The molecule has 2 fully saturated rings. The Morgan fingerprint density at radius 1 is 1.31 bits per heavy atom. The lowest BCUT2D eigenvalue weighted by Crippen LogP contribution is -2.56. The van der Waals surface area contributed by atoms with Gasteiger partial charge in [0.2, 0.25) is 0 Å². The maximum Gasteiger partial charge on any atom is 0.0757 e. The van der Waals surface area contributed by atoms with Crippen LogP contribution in [0.15, 0.2) is 0 Å². The van der Waals surface area contributed by atoms with Gasteiger partial charge in [0.15, 0.2) is 0 Å². The summed E-state index contributed by atoms with van der Waals surface area (Å²) in [5.74, 6) is 0. The Bertz CT molecular complexity index is 242. The van der Waals surface area contributed by atoms with Crippen molar-refractivity contribution >= 4 is 0 Å². The maximum absolute atomic E-state index is 9.75. The van der Waals surface area contributed by atoms with E-state index in [1.54, 1.807) is 0 Å². The van der Waals surface area contributed by atoms with Crippen LogP contribution in [0.2, 0.25) is 0 Å². The average Bonchev–Trinajstić information content (AvgIpc) is 2.14. The summed E-state index contributed by atoms with van der Waals surface area (Å²) in [6, 6.07) is 0.564.